The van der Waals surface area contributed by atoms with E-state index in [1.165, 1.54) is 5.56 Å². The van der Waals surface area contributed by atoms with Crippen LogP contribution in [0.3, 0.4) is 0 Å². The van der Waals surface area contributed by atoms with Crippen molar-refractivity contribution in [3.05, 3.63) is 72.3 Å². The van der Waals surface area contributed by atoms with Gasteiger partial charge in [-0.25, -0.2) is 0 Å². The topological polar surface area (TPSA) is 92.2 Å². The van der Waals surface area contributed by atoms with E-state index in [1.807, 2.05) is 68.4 Å². The second-order valence-electron chi connectivity index (χ2n) is 9.92. The first-order chi connectivity index (χ1) is 18.3. The molecular weight excluding hydrogens is 480 g/mol. The molecule has 7 nitrogen and oxygen atoms in total. The van der Waals surface area contributed by atoms with Crippen LogP contribution in [0.15, 0.2) is 66.7 Å². The molecule has 0 saturated heterocycles. The van der Waals surface area contributed by atoms with Gasteiger partial charge in [-0.2, -0.15) is 0 Å². The molecule has 2 atom stereocenters. The maximum atomic E-state index is 9.84. The molecule has 3 rings (SSSR count). The molecule has 0 spiro atoms. The third kappa shape index (κ3) is 12.7. The molecule has 210 valence electrons. The fourth-order valence-electron chi connectivity index (χ4n) is 3.53. The fraction of sp³-hybridized carbons (Fsp3) is 0.484. The van der Waals surface area contributed by atoms with Gasteiger partial charge in [-0.05, 0) is 35.6 Å². The summed E-state index contributed by atoms with van der Waals surface area (Å²) >= 11 is 0. The maximum absolute atomic E-state index is 9.84. The summed E-state index contributed by atoms with van der Waals surface area (Å²) in [6.45, 7) is 10.6. The second-order valence-corrected chi connectivity index (χ2v) is 9.92. The molecule has 0 saturated carbocycles. The zero-order valence-electron chi connectivity index (χ0n) is 23.5. The van der Waals surface area contributed by atoms with E-state index in [1.54, 1.807) is 7.11 Å². The number of aliphatic hydroxyl groups is 2. The summed E-state index contributed by atoms with van der Waals surface area (Å²) in [5.41, 5.74) is 1.22. The number of hydrogen-bond donors (Lipinski definition) is 4. The Morgan fingerprint density at radius 1 is 0.711 bits per heavy atom. The van der Waals surface area contributed by atoms with E-state index >= 15 is 0 Å². The highest BCUT2D eigenvalue weighted by Gasteiger charge is 2.08. The van der Waals surface area contributed by atoms with E-state index in [2.05, 4.69) is 36.6 Å². The maximum Gasteiger partial charge on any atom is 0.127 e. The molecule has 0 heterocycles. The van der Waals surface area contributed by atoms with Crippen LogP contribution in [0.1, 0.15) is 33.3 Å². The van der Waals surface area contributed by atoms with Gasteiger partial charge in [0.2, 0.25) is 0 Å². The van der Waals surface area contributed by atoms with Gasteiger partial charge in [0.15, 0.2) is 0 Å². The van der Waals surface area contributed by atoms with Crippen molar-refractivity contribution >= 4 is 10.8 Å². The Labute approximate surface area is 228 Å². The highest BCUT2D eigenvalue weighted by atomic mass is 16.5. The summed E-state index contributed by atoms with van der Waals surface area (Å²) in [5.74, 6) is 1.60. The van der Waals surface area contributed by atoms with Crippen molar-refractivity contribution in [2.75, 3.05) is 40.0 Å². The number of methoxy groups -OCH3 is 1. The minimum Gasteiger partial charge on any atom is -0.491 e. The molecule has 7 heteroatoms. The van der Waals surface area contributed by atoms with E-state index in [-0.39, 0.29) is 0 Å². The predicted molar refractivity (Wildman–Crippen MR) is 155 cm³/mol. The van der Waals surface area contributed by atoms with Crippen molar-refractivity contribution in [2.45, 2.75) is 58.4 Å². The third-order valence-electron chi connectivity index (χ3n) is 5.66. The summed E-state index contributed by atoms with van der Waals surface area (Å²) < 4.78 is 16.3. The van der Waals surface area contributed by atoms with Crippen molar-refractivity contribution < 1.29 is 24.4 Å². The molecular formula is C31H46N2O5. The smallest absolute Gasteiger partial charge is 0.127 e. The molecule has 3 aromatic rings. The molecule has 0 bridgehead atoms. The largest absolute Gasteiger partial charge is 0.491 e. The van der Waals surface area contributed by atoms with Crippen LogP contribution < -0.4 is 20.1 Å². The van der Waals surface area contributed by atoms with E-state index in [0.717, 1.165) is 35.3 Å². The third-order valence-corrected chi connectivity index (χ3v) is 5.66. The van der Waals surface area contributed by atoms with Crippen LogP contribution in [-0.2, 0) is 11.2 Å². The van der Waals surface area contributed by atoms with E-state index in [9.17, 15) is 10.2 Å². The van der Waals surface area contributed by atoms with Crippen LogP contribution in [-0.4, -0.2) is 74.5 Å². The van der Waals surface area contributed by atoms with Crippen molar-refractivity contribution in [3.63, 3.8) is 0 Å². The summed E-state index contributed by atoms with van der Waals surface area (Å²) in [4.78, 5) is 0. The van der Waals surface area contributed by atoms with Gasteiger partial charge in [-0.3, -0.25) is 0 Å². The molecule has 0 radical (unpaired) electrons. The summed E-state index contributed by atoms with van der Waals surface area (Å²) in [6, 6.07) is 22.7. The van der Waals surface area contributed by atoms with Crippen molar-refractivity contribution in [1.82, 2.24) is 10.6 Å². The number of aliphatic hydroxyl groups excluding tert-OH is 2. The molecule has 0 fully saturated rings. The van der Waals surface area contributed by atoms with Crippen LogP contribution in [0.5, 0.6) is 11.5 Å². The number of ether oxygens (including phenoxy) is 3. The number of rotatable bonds is 15. The van der Waals surface area contributed by atoms with Crippen LogP contribution in [0.2, 0.25) is 0 Å². The summed E-state index contributed by atoms with van der Waals surface area (Å²) in [6.07, 6.45) is -0.0884. The van der Waals surface area contributed by atoms with Crippen molar-refractivity contribution in [1.29, 1.82) is 0 Å². The van der Waals surface area contributed by atoms with Crippen LogP contribution >= 0.6 is 0 Å². The van der Waals surface area contributed by atoms with Gasteiger partial charge in [-0.1, -0.05) is 76.2 Å². The Kier molecular flexibility index (Phi) is 14.7. The van der Waals surface area contributed by atoms with Gasteiger partial charge in [0.25, 0.3) is 0 Å². The van der Waals surface area contributed by atoms with Gasteiger partial charge < -0.3 is 35.1 Å². The molecule has 0 aliphatic carbocycles. The lowest BCUT2D eigenvalue weighted by Crippen LogP contribution is -2.35. The molecule has 0 aliphatic heterocycles. The highest BCUT2D eigenvalue weighted by Crippen LogP contribution is 2.25. The van der Waals surface area contributed by atoms with E-state index < -0.39 is 12.2 Å². The van der Waals surface area contributed by atoms with Crippen molar-refractivity contribution in [2.24, 2.45) is 0 Å². The molecule has 0 amide bonds. The van der Waals surface area contributed by atoms with Gasteiger partial charge in [-0.15, -0.1) is 0 Å². The Morgan fingerprint density at radius 2 is 1.29 bits per heavy atom. The molecule has 4 N–H and O–H groups in total. The predicted octanol–water partition coefficient (Wildman–Crippen LogP) is 4.19. The Morgan fingerprint density at radius 3 is 1.89 bits per heavy atom. The Bertz CT molecular complexity index is 1020. The van der Waals surface area contributed by atoms with Gasteiger partial charge in [0, 0.05) is 37.7 Å². The summed E-state index contributed by atoms with van der Waals surface area (Å²) in [5, 5.41) is 28.2. The van der Waals surface area contributed by atoms with Crippen LogP contribution in [0.25, 0.3) is 10.8 Å². The first kappa shape index (κ1) is 31.5. The minimum absolute atomic E-state index is 0.299. The average molecular weight is 527 g/mol. The monoisotopic (exact) mass is 526 g/mol. The highest BCUT2D eigenvalue weighted by molar-refractivity contribution is 5.88. The Balaban J connectivity index is 0.000000267. The molecule has 0 aliphatic rings. The molecule has 0 aromatic heterocycles. The first-order valence-electron chi connectivity index (χ1n) is 13.4. The van der Waals surface area contributed by atoms with E-state index in [4.69, 9.17) is 14.2 Å². The number of nitrogens with one attached hydrogen (secondary N) is 2. The first-order valence-corrected chi connectivity index (χ1v) is 13.4. The van der Waals surface area contributed by atoms with Gasteiger partial charge in [0.1, 0.15) is 36.9 Å². The normalized spacial score (nSPS) is 12.8. The number of fused-ring (bicyclic) bond motifs is 1. The fourth-order valence-corrected chi connectivity index (χ4v) is 3.53. The molecule has 2 unspecified atom stereocenters. The quantitative estimate of drug-likeness (QED) is 0.236. The molecule has 3 aromatic carbocycles. The van der Waals surface area contributed by atoms with Gasteiger partial charge >= 0.3 is 0 Å². The minimum atomic E-state index is -0.499. The lowest BCUT2D eigenvalue weighted by atomic mass is 10.1. The standard InChI is InChI=1S/C16H21NO2.C15H25NO3/c1-12(2)17-10-14(18)11-19-16-9-5-7-13-6-3-4-8-15(13)16;1-12(2)16-10-14(17)11-19-15-6-4-13(5-7-15)8-9-18-3/h3-9,12,14,17-18H,10-11H2,1-2H3;4-7,12,14,16-17H,8-11H2,1-3H3. The number of hydrogen-bond acceptors (Lipinski definition) is 7. The Hall–Kier alpha value is -2.68. The van der Waals surface area contributed by atoms with Gasteiger partial charge in [0.05, 0.1) is 6.61 Å². The van der Waals surface area contributed by atoms with Crippen molar-refractivity contribution in [3.8, 4) is 11.5 Å². The lowest BCUT2D eigenvalue weighted by Gasteiger charge is -2.15. The zero-order valence-corrected chi connectivity index (χ0v) is 23.5. The second kappa shape index (κ2) is 17.8. The van der Waals surface area contributed by atoms with E-state index in [0.29, 0.717) is 38.4 Å². The number of benzene rings is 3. The zero-order chi connectivity index (χ0) is 27.8. The summed E-state index contributed by atoms with van der Waals surface area (Å²) in [7, 11) is 1.70. The van der Waals surface area contributed by atoms with Crippen LogP contribution in [0, 0.1) is 0 Å². The molecule has 38 heavy (non-hydrogen) atoms. The average Bonchev–Trinajstić information content (AvgIpc) is 2.92. The SMILES string of the molecule is CC(C)NCC(O)COc1cccc2ccccc12.COCCc1ccc(OCC(O)CNC(C)C)cc1. The lowest BCUT2D eigenvalue weighted by molar-refractivity contribution is 0.104. The van der Waals surface area contributed by atoms with Crippen LogP contribution in [0.4, 0.5) is 0 Å².